The molecule has 0 radical (unpaired) electrons. The van der Waals surface area contributed by atoms with Gasteiger partial charge in [-0.2, -0.15) is 0 Å². The number of para-hydroxylation sites is 2. The zero-order valence-electron chi connectivity index (χ0n) is 21.1. The highest BCUT2D eigenvalue weighted by atomic mass is 35.5. The number of hydrogen-bond acceptors (Lipinski definition) is 6. The molecule has 2 N–H and O–H groups in total. The lowest BCUT2D eigenvalue weighted by Gasteiger charge is -2.29. The first-order valence-corrected chi connectivity index (χ1v) is 13.4. The Morgan fingerprint density at radius 1 is 1.13 bits per heavy atom. The van der Waals surface area contributed by atoms with Gasteiger partial charge in [0.1, 0.15) is 6.61 Å². The molecule has 38 heavy (non-hydrogen) atoms. The number of nitrogens with one attached hydrogen (secondary N) is 2. The van der Waals surface area contributed by atoms with E-state index in [2.05, 4.69) is 20.6 Å². The molecule has 3 aromatic heterocycles. The van der Waals surface area contributed by atoms with Gasteiger partial charge in [0.15, 0.2) is 11.6 Å². The highest BCUT2D eigenvalue weighted by Crippen LogP contribution is 2.30. The van der Waals surface area contributed by atoms with Crippen LogP contribution in [0.1, 0.15) is 41.7 Å². The summed E-state index contributed by atoms with van der Waals surface area (Å²) in [6.07, 6.45) is 6.81. The van der Waals surface area contributed by atoms with E-state index in [-0.39, 0.29) is 17.6 Å². The number of ether oxygens (including phenoxy) is 1. The summed E-state index contributed by atoms with van der Waals surface area (Å²) in [5.74, 6) is 1.55. The van der Waals surface area contributed by atoms with Gasteiger partial charge in [-0.05, 0) is 56.7 Å². The minimum Gasteiger partial charge on any atom is -0.488 e. The summed E-state index contributed by atoms with van der Waals surface area (Å²) in [7, 11) is 0. The fourth-order valence-electron chi connectivity index (χ4n) is 5.51. The molecule has 0 spiro atoms. The highest BCUT2D eigenvalue weighted by molar-refractivity contribution is 6.30. The molecule has 1 amide bonds. The molecule has 1 aliphatic carbocycles. The van der Waals surface area contributed by atoms with Crippen LogP contribution in [0.5, 0.6) is 5.75 Å². The molecule has 196 valence electrons. The number of anilines is 1. The summed E-state index contributed by atoms with van der Waals surface area (Å²) < 4.78 is 9.35. The number of imidazole rings is 1. The Balaban J connectivity index is 1.19. The van der Waals surface area contributed by atoms with Gasteiger partial charge in [-0.3, -0.25) is 18.9 Å². The fraction of sp³-hybridized carbons (Fsp3) is 0.357. The average Bonchev–Trinajstić information content (AvgIpc) is 3.21. The van der Waals surface area contributed by atoms with Crippen LogP contribution < -0.4 is 21.1 Å². The molecular weight excluding hydrogens is 504 g/mol. The maximum absolute atomic E-state index is 13.7. The predicted octanol–water partition coefficient (Wildman–Crippen LogP) is 4.34. The van der Waals surface area contributed by atoms with Crippen LogP contribution in [0.2, 0.25) is 5.02 Å². The number of carbonyl (C=O) groups is 1. The Morgan fingerprint density at radius 2 is 1.92 bits per heavy atom. The Kier molecular flexibility index (Phi) is 6.53. The van der Waals surface area contributed by atoms with E-state index < -0.39 is 0 Å². The molecule has 0 atom stereocenters. The molecule has 1 aliphatic heterocycles. The number of benzene rings is 1. The van der Waals surface area contributed by atoms with Crippen molar-refractivity contribution in [3.05, 3.63) is 75.6 Å². The second kappa shape index (κ2) is 10.1. The van der Waals surface area contributed by atoms with Gasteiger partial charge < -0.3 is 15.4 Å². The van der Waals surface area contributed by atoms with Crippen molar-refractivity contribution in [2.75, 3.05) is 18.5 Å². The van der Waals surface area contributed by atoms with Crippen LogP contribution in [0.3, 0.4) is 0 Å². The van der Waals surface area contributed by atoms with Crippen molar-refractivity contribution in [2.45, 2.75) is 45.2 Å². The standard InChI is InChI=1S/C28H29ClN6O3/c1-17-22(12-19(29)14-31-17)27(36)33-20-8-6-18(7-9-20)16-34-23-4-2-3-5-24(23)35(28(34)37)21-13-25-26(32-15-21)30-10-11-38-25/h2-5,12-15,18,20H,6-11,16H2,1H3,(H,30,32)(H,33,36). The lowest BCUT2D eigenvalue weighted by Crippen LogP contribution is -2.39. The van der Waals surface area contributed by atoms with Crippen LogP contribution in [-0.2, 0) is 6.54 Å². The van der Waals surface area contributed by atoms with Gasteiger partial charge >= 0.3 is 5.69 Å². The fourth-order valence-corrected chi connectivity index (χ4v) is 5.67. The Bertz CT molecular complexity index is 1570. The second-order valence-corrected chi connectivity index (χ2v) is 10.4. The zero-order chi connectivity index (χ0) is 26.2. The first kappa shape index (κ1) is 24.5. The van der Waals surface area contributed by atoms with E-state index in [0.717, 1.165) is 36.7 Å². The molecule has 1 fully saturated rings. The van der Waals surface area contributed by atoms with Crippen LogP contribution >= 0.6 is 11.6 Å². The van der Waals surface area contributed by atoms with Gasteiger partial charge in [0, 0.05) is 24.8 Å². The summed E-state index contributed by atoms with van der Waals surface area (Å²) in [4.78, 5) is 35.2. The largest absolute Gasteiger partial charge is 0.488 e. The van der Waals surface area contributed by atoms with E-state index in [9.17, 15) is 9.59 Å². The normalized spacial score (nSPS) is 18.9. The van der Waals surface area contributed by atoms with Gasteiger partial charge in [0.2, 0.25) is 0 Å². The molecule has 0 unspecified atom stereocenters. The molecule has 10 heteroatoms. The molecule has 4 aromatic rings. The number of pyridine rings is 2. The SMILES string of the molecule is Cc1ncc(Cl)cc1C(=O)NC1CCC(Cn2c(=O)n(-c3cnc4c(c3)OCCN4)c3ccccc32)CC1. The minimum absolute atomic E-state index is 0.0870. The lowest BCUT2D eigenvalue weighted by molar-refractivity contribution is 0.0919. The number of aromatic nitrogens is 4. The molecular formula is C28H29ClN6O3. The molecule has 9 nitrogen and oxygen atoms in total. The molecule has 0 bridgehead atoms. The van der Waals surface area contributed by atoms with Crippen molar-refractivity contribution in [2.24, 2.45) is 5.92 Å². The van der Waals surface area contributed by atoms with Crippen molar-refractivity contribution in [1.82, 2.24) is 24.4 Å². The number of amides is 1. The maximum atomic E-state index is 13.7. The minimum atomic E-state index is -0.141. The third kappa shape index (κ3) is 4.62. The van der Waals surface area contributed by atoms with Gasteiger partial charge in [-0.15, -0.1) is 0 Å². The van der Waals surface area contributed by atoms with E-state index in [1.165, 1.54) is 0 Å². The van der Waals surface area contributed by atoms with E-state index in [0.29, 0.717) is 59.1 Å². The van der Waals surface area contributed by atoms with Crippen LogP contribution in [0.4, 0.5) is 5.82 Å². The molecule has 0 saturated heterocycles. The first-order valence-electron chi connectivity index (χ1n) is 13.0. The smallest absolute Gasteiger partial charge is 0.333 e. The van der Waals surface area contributed by atoms with Gasteiger partial charge in [0.05, 0.1) is 45.7 Å². The quantitative estimate of drug-likeness (QED) is 0.396. The molecule has 4 heterocycles. The third-order valence-electron chi connectivity index (χ3n) is 7.51. The van der Waals surface area contributed by atoms with Gasteiger partial charge in [-0.1, -0.05) is 23.7 Å². The highest BCUT2D eigenvalue weighted by Gasteiger charge is 2.26. The van der Waals surface area contributed by atoms with Crippen LogP contribution in [0.25, 0.3) is 16.7 Å². The number of nitrogens with zero attached hydrogens (tertiary/aromatic N) is 4. The number of halogens is 1. The number of hydrogen-bond donors (Lipinski definition) is 2. The number of carbonyl (C=O) groups excluding carboxylic acids is 1. The number of rotatable bonds is 5. The Hall–Kier alpha value is -3.85. The predicted molar refractivity (Wildman–Crippen MR) is 147 cm³/mol. The van der Waals surface area contributed by atoms with E-state index in [1.807, 2.05) is 34.9 Å². The van der Waals surface area contributed by atoms with Crippen molar-refractivity contribution in [3.8, 4) is 11.4 Å². The molecule has 6 rings (SSSR count). The summed E-state index contributed by atoms with van der Waals surface area (Å²) in [6, 6.07) is 11.5. The lowest BCUT2D eigenvalue weighted by atomic mass is 9.85. The van der Waals surface area contributed by atoms with Crippen LogP contribution in [0.15, 0.2) is 53.6 Å². The summed E-state index contributed by atoms with van der Waals surface area (Å²) in [6.45, 7) is 3.71. The Morgan fingerprint density at radius 3 is 2.74 bits per heavy atom. The van der Waals surface area contributed by atoms with E-state index >= 15 is 0 Å². The first-order chi connectivity index (χ1) is 18.5. The summed E-state index contributed by atoms with van der Waals surface area (Å²) >= 11 is 6.04. The molecule has 1 aromatic carbocycles. The van der Waals surface area contributed by atoms with Crippen molar-refractivity contribution < 1.29 is 9.53 Å². The number of aryl methyl sites for hydroxylation is 1. The van der Waals surface area contributed by atoms with E-state index in [4.69, 9.17) is 16.3 Å². The maximum Gasteiger partial charge on any atom is 0.333 e. The second-order valence-electron chi connectivity index (χ2n) is 10.0. The van der Waals surface area contributed by atoms with Crippen molar-refractivity contribution in [1.29, 1.82) is 0 Å². The third-order valence-corrected chi connectivity index (χ3v) is 7.71. The van der Waals surface area contributed by atoms with Crippen molar-refractivity contribution >= 4 is 34.4 Å². The Labute approximate surface area is 224 Å². The molecule has 2 aliphatic rings. The van der Waals surface area contributed by atoms with Crippen LogP contribution in [0, 0.1) is 12.8 Å². The van der Waals surface area contributed by atoms with E-state index in [1.54, 1.807) is 30.0 Å². The number of fused-ring (bicyclic) bond motifs is 2. The monoisotopic (exact) mass is 532 g/mol. The zero-order valence-corrected chi connectivity index (χ0v) is 21.9. The van der Waals surface area contributed by atoms with Gasteiger partial charge in [-0.25, -0.2) is 9.78 Å². The topological polar surface area (TPSA) is 103 Å². The van der Waals surface area contributed by atoms with Gasteiger partial charge in [0.25, 0.3) is 5.91 Å². The summed E-state index contributed by atoms with van der Waals surface area (Å²) in [5, 5.41) is 6.81. The van der Waals surface area contributed by atoms with Crippen molar-refractivity contribution in [3.63, 3.8) is 0 Å². The summed E-state index contributed by atoms with van der Waals surface area (Å²) in [5.41, 5.74) is 3.51. The molecule has 1 saturated carbocycles. The van der Waals surface area contributed by atoms with Crippen LogP contribution in [-0.4, -0.2) is 44.2 Å². The average molecular weight is 533 g/mol.